The first kappa shape index (κ1) is 19.1. The van der Waals surface area contributed by atoms with Crippen LogP contribution >= 0.6 is 0 Å². The molecule has 1 fully saturated rings. The van der Waals surface area contributed by atoms with Crippen molar-refractivity contribution in [3.63, 3.8) is 0 Å². The minimum atomic E-state index is -0.0954. The molecule has 0 bridgehead atoms. The molecule has 144 valence electrons. The first-order valence-electron chi connectivity index (χ1n) is 9.61. The first-order valence-corrected chi connectivity index (χ1v) is 9.61. The zero-order valence-corrected chi connectivity index (χ0v) is 16.3. The summed E-state index contributed by atoms with van der Waals surface area (Å²) in [6.45, 7) is 5.95. The summed E-state index contributed by atoms with van der Waals surface area (Å²) < 4.78 is 5.61. The molecule has 0 spiro atoms. The third-order valence-electron chi connectivity index (χ3n) is 4.63. The van der Waals surface area contributed by atoms with Crippen molar-refractivity contribution < 1.29 is 9.53 Å². The average molecular weight is 368 g/mol. The van der Waals surface area contributed by atoms with Crippen molar-refractivity contribution in [3.05, 3.63) is 41.1 Å². The van der Waals surface area contributed by atoms with Gasteiger partial charge >= 0.3 is 0 Å². The number of nitrogens with zero attached hydrogens (tertiary/aromatic N) is 2. The van der Waals surface area contributed by atoms with Crippen LogP contribution in [0.3, 0.4) is 0 Å². The fourth-order valence-corrected chi connectivity index (χ4v) is 3.50. The Hall–Kier alpha value is -2.63. The lowest BCUT2D eigenvalue weighted by Gasteiger charge is -2.22. The van der Waals surface area contributed by atoms with E-state index in [4.69, 9.17) is 4.74 Å². The van der Waals surface area contributed by atoms with Gasteiger partial charge in [0, 0.05) is 23.5 Å². The number of hydrogen-bond acceptors (Lipinski definition) is 5. The number of aryl methyl sites for hydroxylation is 3. The van der Waals surface area contributed by atoms with Crippen LogP contribution in [0.5, 0.6) is 5.88 Å². The van der Waals surface area contributed by atoms with Gasteiger partial charge in [0.2, 0.25) is 11.8 Å². The second-order valence-corrected chi connectivity index (χ2v) is 7.36. The molecule has 0 atom stereocenters. The number of anilines is 2. The highest BCUT2D eigenvalue weighted by Gasteiger charge is 2.16. The molecule has 0 aliphatic heterocycles. The van der Waals surface area contributed by atoms with Crippen molar-refractivity contribution in [2.45, 2.75) is 58.9 Å². The molecule has 1 amide bonds. The van der Waals surface area contributed by atoms with Crippen LogP contribution in [-0.2, 0) is 4.79 Å². The number of carbonyl (C=O) groups excluding carboxylic acids is 1. The monoisotopic (exact) mass is 368 g/mol. The molecule has 1 aromatic carbocycles. The zero-order valence-electron chi connectivity index (χ0n) is 16.3. The molecule has 6 heteroatoms. The van der Waals surface area contributed by atoms with Crippen molar-refractivity contribution in [1.82, 2.24) is 15.3 Å². The summed E-state index contributed by atoms with van der Waals surface area (Å²) in [5, 5.41) is 6.27. The number of benzene rings is 1. The van der Waals surface area contributed by atoms with E-state index in [0.29, 0.717) is 11.8 Å². The van der Waals surface area contributed by atoms with Gasteiger partial charge in [-0.25, -0.2) is 4.98 Å². The van der Waals surface area contributed by atoms with Crippen LogP contribution in [0.2, 0.25) is 0 Å². The van der Waals surface area contributed by atoms with Gasteiger partial charge in [-0.1, -0.05) is 25.3 Å². The average Bonchev–Trinajstić information content (AvgIpc) is 2.59. The molecular formula is C21H28N4O2. The van der Waals surface area contributed by atoms with E-state index in [1.165, 1.54) is 30.4 Å². The summed E-state index contributed by atoms with van der Waals surface area (Å²) in [5.41, 5.74) is 4.04. The molecule has 3 rings (SSSR count). The van der Waals surface area contributed by atoms with Gasteiger partial charge < -0.3 is 15.4 Å². The molecule has 1 aliphatic rings. The van der Waals surface area contributed by atoms with Gasteiger partial charge in [-0.05, 0) is 56.9 Å². The highest BCUT2D eigenvalue weighted by atomic mass is 16.5. The van der Waals surface area contributed by atoms with Crippen LogP contribution in [0, 0.1) is 20.8 Å². The van der Waals surface area contributed by atoms with Crippen molar-refractivity contribution in [3.8, 4) is 5.88 Å². The van der Waals surface area contributed by atoms with Crippen LogP contribution < -0.4 is 15.4 Å². The van der Waals surface area contributed by atoms with Gasteiger partial charge in [0.05, 0.1) is 0 Å². The first-order chi connectivity index (χ1) is 13.0. The van der Waals surface area contributed by atoms with Crippen LogP contribution in [0.1, 0.15) is 48.9 Å². The topological polar surface area (TPSA) is 76.1 Å². The highest BCUT2D eigenvalue weighted by Crippen LogP contribution is 2.20. The zero-order chi connectivity index (χ0) is 19.2. The molecule has 0 saturated heterocycles. The SMILES string of the molecule is Cc1cc(C)cc(Nc2nc(C)cc(OCC(=O)NC3CCCCC3)n2)c1. The molecule has 6 nitrogen and oxygen atoms in total. The van der Waals surface area contributed by atoms with Gasteiger partial charge in [0.1, 0.15) is 0 Å². The Morgan fingerprint density at radius 2 is 1.74 bits per heavy atom. The smallest absolute Gasteiger partial charge is 0.258 e. The Morgan fingerprint density at radius 3 is 2.44 bits per heavy atom. The van der Waals surface area contributed by atoms with E-state index in [1.807, 2.05) is 19.1 Å². The molecule has 27 heavy (non-hydrogen) atoms. The van der Waals surface area contributed by atoms with Crippen LogP contribution in [0.4, 0.5) is 11.6 Å². The maximum Gasteiger partial charge on any atom is 0.258 e. The molecule has 0 radical (unpaired) electrons. The van der Waals surface area contributed by atoms with E-state index in [0.717, 1.165) is 24.2 Å². The molecule has 1 aliphatic carbocycles. The van der Waals surface area contributed by atoms with E-state index in [-0.39, 0.29) is 18.6 Å². The summed E-state index contributed by atoms with van der Waals surface area (Å²) in [7, 11) is 0. The van der Waals surface area contributed by atoms with Gasteiger partial charge in [-0.2, -0.15) is 4.98 Å². The van der Waals surface area contributed by atoms with Gasteiger partial charge in [0.25, 0.3) is 5.91 Å². The van der Waals surface area contributed by atoms with Crippen LogP contribution in [-0.4, -0.2) is 28.5 Å². The minimum absolute atomic E-state index is 0.0318. The Kier molecular flexibility index (Phi) is 6.27. The molecule has 2 aromatic rings. The summed E-state index contributed by atoms with van der Waals surface area (Å²) >= 11 is 0. The Bertz CT molecular complexity index is 781. The maximum atomic E-state index is 12.1. The number of hydrogen-bond donors (Lipinski definition) is 2. The third-order valence-corrected chi connectivity index (χ3v) is 4.63. The number of rotatable bonds is 6. The van der Waals surface area contributed by atoms with Crippen molar-refractivity contribution in [1.29, 1.82) is 0 Å². The van der Waals surface area contributed by atoms with E-state index in [9.17, 15) is 4.79 Å². The van der Waals surface area contributed by atoms with Crippen molar-refractivity contribution >= 4 is 17.5 Å². The van der Waals surface area contributed by atoms with Gasteiger partial charge in [-0.3, -0.25) is 4.79 Å². The van der Waals surface area contributed by atoms with Gasteiger partial charge in [-0.15, -0.1) is 0 Å². The summed E-state index contributed by atoms with van der Waals surface area (Å²) in [6, 6.07) is 8.21. The molecule has 1 saturated carbocycles. The second kappa shape index (κ2) is 8.84. The number of carbonyl (C=O) groups is 1. The molecule has 0 unspecified atom stereocenters. The Labute approximate surface area is 160 Å². The van der Waals surface area contributed by atoms with E-state index in [1.54, 1.807) is 6.07 Å². The maximum absolute atomic E-state index is 12.1. The molecule has 2 N–H and O–H groups in total. The number of nitrogens with one attached hydrogen (secondary N) is 2. The molecule has 1 heterocycles. The van der Waals surface area contributed by atoms with E-state index < -0.39 is 0 Å². The summed E-state index contributed by atoms with van der Waals surface area (Å²) in [4.78, 5) is 20.9. The van der Waals surface area contributed by atoms with Gasteiger partial charge in [0.15, 0.2) is 6.61 Å². The lowest BCUT2D eigenvalue weighted by atomic mass is 9.95. The quantitative estimate of drug-likeness (QED) is 0.807. The number of amides is 1. The number of ether oxygens (including phenoxy) is 1. The van der Waals surface area contributed by atoms with Crippen LogP contribution in [0.25, 0.3) is 0 Å². The van der Waals surface area contributed by atoms with E-state index in [2.05, 4.69) is 40.5 Å². The highest BCUT2D eigenvalue weighted by molar-refractivity contribution is 5.77. The largest absolute Gasteiger partial charge is 0.467 e. The Balaban J connectivity index is 1.60. The minimum Gasteiger partial charge on any atom is -0.467 e. The lowest BCUT2D eigenvalue weighted by molar-refractivity contribution is -0.124. The molecular weight excluding hydrogens is 340 g/mol. The lowest BCUT2D eigenvalue weighted by Crippen LogP contribution is -2.39. The Morgan fingerprint density at radius 1 is 1.04 bits per heavy atom. The predicted octanol–water partition coefficient (Wildman–Crippen LogP) is 3.97. The second-order valence-electron chi connectivity index (χ2n) is 7.36. The molecule has 1 aromatic heterocycles. The summed E-state index contributed by atoms with van der Waals surface area (Å²) in [6.07, 6.45) is 5.75. The fraction of sp³-hybridized carbons (Fsp3) is 0.476. The third kappa shape index (κ3) is 5.94. The summed E-state index contributed by atoms with van der Waals surface area (Å²) in [5.74, 6) is 0.762. The van der Waals surface area contributed by atoms with Crippen molar-refractivity contribution in [2.75, 3.05) is 11.9 Å². The fourth-order valence-electron chi connectivity index (χ4n) is 3.50. The normalized spacial score (nSPS) is 14.6. The predicted molar refractivity (Wildman–Crippen MR) is 106 cm³/mol. The van der Waals surface area contributed by atoms with Crippen LogP contribution in [0.15, 0.2) is 24.3 Å². The standard InChI is InChI=1S/C21H28N4O2/c1-14-9-15(2)11-18(10-14)24-21-22-16(3)12-20(25-21)27-13-19(26)23-17-7-5-4-6-8-17/h9-12,17H,4-8,13H2,1-3H3,(H,23,26)(H,22,24,25). The number of aromatic nitrogens is 2. The van der Waals surface area contributed by atoms with E-state index >= 15 is 0 Å². The van der Waals surface area contributed by atoms with Crippen molar-refractivity contribution in [2.24, 2.45) is 0 Å².